The quantitative estimate of drug-likeness (QED) is 0.785. The molecule has 0 aliphatic heterocycles. The number of methoxy groups -OCH3 is 1. The van der Waals surface area contributed by atoms with E-state index in [2.05, 4.69) is 20.8 Å². The number of benzene rings is 1. The summed E-state index contributed by atoms with van der Waals surface area (Å²) >= 11 is 0. The molecule has 0 radical (unpaired) electrons. The van der Waals surface area contributed by atoms with Gasteiger partial charge in [0.05, 0.1) is 7.11 Å². The molecule has 0 aliphatic rings. The van der Waals surface area contributed by atoms with Crippen LogP contribution >= 0.6 is 0 Å². The molecular weight excluding hydrogens is 202 g/mol. The highest BCUT2D eigenvalue weighted by Gasteiger charge is 2.19. The van der Waals surface area contributed by atoms with Gasteiger partial charge in [-0.3, -0.25) is 0 Å². The van der Waals surface area contributed by atoms with E-state index in [4.69, 9.17) is 14.7 Å². The molecule has 0 spiro atoms. The first-order valence-electron chi connectivity index (χ1n) is 5.17. The maximum Gasteiger partial charge on any atom is 0.174 e. The highest BCUT2D eigenvalue weighted by atomic mass is 16.5. The molecule has 0 bridgehead atoms. The van der Waals surface area contributed by atoms with Crippen LogP contribution in [0.4, 0.5) is 0 Å². The standard InChI is InChI=1S/C13H17NO2/c1-13(2,3)11-9-10(15-4)5-6-12(11)16-8-7-14/h5-6,9H,8H2,1-4H3. The molecule has 0 aromatic heterocycles. The van der Waals surface area contributed by atoms with Gasteiger partial charge in [-0.15, -0.1) is 0 Å². The highest BCUT2D eigenvalue weighted by molar-refractivity contribution is 5.44. The Morgan fingerprint density at radius 3 is 2.50 bits per heavy atom. The lowest BCUT2D eigenvalue weighted by molar-refractivity contribution is 0.352. The molecule has 0 aliphatic carbocycles. The van der Waals surface area contributed by atoms with Gasteiger partial charge in [-0.1, -0.05) is 20.8 Å². The van der Waals surface area contributed by atoms with Crippen LogP contribution in [0.2, 0.25) is 0 Å². The molecule has 0 heterocycles. The van der Waals surface area contributed by atoms with Crippen molar-refractivity contribution in [3.8, 4) is 17.6 Å². The van der Waals surface area contributed by atoms with Gasteiger partial charge in [-0.2, -0.15) is 5.26 Å². The van der Waals surface area contributed by atoms with Gasteiger partial charge in [-0.05, 0) is 23.6 Å². The highest BCUT2D eigenvalue weighted by Crippen LogP contribution is 2.34. The molecule has 1 rings (SSSR count). The maximum atomic E-state index is 8.52. The largest absolute Gasteiger partial charge is 0.497 e. The van der Waals surface area contributed by atoms with Gasteiger partial charge >= 0.3 is 0 Å². The number of ether oxygens (including phenoxy) is 2. The van der Waals surface area contributed by atoms with E-state index in [-0.39, 0.29) is 12.0 Å². The van der Waals surface area contributed by atoms with Crippen LogP contribution in [0, 0.1) is 11.3 Å². The summed E-state index contributed by atoms with van der Waals surface area (Å²) < 4.78 is 10.6. The van der Waals surface area contributed by atoms with E-state index < -0.39 is 0 Å². The van der Waals surface area contributed by atoms with Gasteiger partial charge in [0.25, 0.3) is 0 Å². The molecule has 1 aromatic rings. The average Bonchev–Trinajstić information content (AvgIpc) is 2.25. The lowest BCUT2D eigenvalue weighted by Gasteiger charge is -2.22. The van der Waals surface area contributed by atoms with Crippen molar-refractivity contribution >= 4 is 0 Å². The molecule has 0 saturated heterocycles. The second-order valence-corrected chi connectivity index (χ2v) is 4.56. The molecule has 3 heteroatoms. The predicted octanol–water partition coefficient (Wildman–Crippen LogP) is 2.90. The van der Waals surface area contributed by atoms with E-state index in [0.29, 0.717) is 0 Å². The first-order valence-corrected chi connectivity index (χ1v) is 5.17. The number of hydrogen-bond acceptors (Lipinski definition) is 3. The van der Waals surface area contributed by atoms with Crippen LogP contribution in [0.15, 0.2) is 18.2 Å². The van der Waals surface area contributed by atoms with Gasteiger partial charge in [0.15, 0.2) is 6.61 Å². The molecule has 0 saturated carbocycles. The minimum absolute atomic E-state index is 0.0423. The van der Waals surface area contributed by atoms with E-state index >= 15 is 0 Å². The van der Waals surface area contributed by atoms with Gasteiger partial charge in [0.1, 0.15) is 17.6 Å². The Hall–Kier alpha value is -1.69. The normalized spacial score (nSPS) is 10.7. The third kappa shape index (κ3) is 2.90. The summed E-state index contributed by atoms with van der Waals surface area (Å²) in [4.78, 5) is 0. The Labute approximate surface area is 96.6 Å². The fraction of sp³-hybridized carbons (Fsp3) is 0.462. The zero-order valence-electron chi connectivity index (χ0n) is 10.2. The summed E-state index contributed by atoms with van der Waals surface area (Å²) in [5.74, 6) is 1.55. The monoisotopic (exact) mass is 219 g/mol. The van der Waals surface area contributed by atoms with Crippen molar-refractivity contribution < 1.29 is 9.47 Å². The summed E-state index contributed by atoms with van der Waals surface area (Å²) in [7, 11) is 1.64. The molecule has 86 valence electrons. The van der Waals surface area contributed by atoms with E-state index in [1.165, 1.54) is 0 Å². The van der Waals surface area contributed by atoms with Crippen molar-refractivity contribution in [2.45, 2.75) is 26.2 Å². The average molecular weight is 219 g/mol. The molecule has 0 N–H and O–H groups in total. The number of hydrogen-bond donors (Lipinski definition) is 0. The summed E-state index contributed by atoms with van der Waals surface area (Å²) in [6, 6.07) is 7.60. The molecule has 16 heavy (non-hydrogen) atoms. The van der Waals surface area contributed by atoms with Crippen LogP contribution in [0.5, 0.6) is 11.5 Å². The lowest BCUT2D eigenvalue weighted by atomic mass is 9.86. The van der Waals surface area contributed by atoms with Crippen molar-refractivity contribution in [2.24, 2.45) is 0 Å². The van der Waals surface area contributed by atoms with Crippen molar-refractivity contribution in [1.82, 2.24) is 0 Å². The second kappa shape index (κ2) is 4.89. The fourth-order valence-corrected chi connectivity index (χ4v) is 1.46. The number of rotatable bonds is 3. The molecule has 0 fully saturated rings. The maximum absolute atomic E-state index is 8.52. The first-order chi connectivity index (χ1) is 7.49. The van der Waals surface area contributed by atoms with E-state index in [1.54, 1.807) is 7.11 Å². The Morgan fingerprint density at radius 1 is 1.31 bits per heavy atom. The minimum Gasteiger partial charge on any atom is -0.497 e. The molecule has 3 nitrogen and oxygen atoms in total. The molecule has 0 unspecified atom stereocenters. The van der Waals surface area contributed by atoms with Crippen LogP contribution < -0.4 is 9.47 Å². The summed E-state index contributed by atoms with van der Waals surface area (Å²) in [5, 5.41) is 8.52. The Bertz CT molecular complexity index is 399. The lowest BCUT2D eigenvalue weighted by Crippen LogP contribution is -2.13. The number of nitriles is 1. The van der Waals surface area contributed by atoms with Crippen molar-refractivity contribution in [1.29, 1.82) is 5.26 Å². The third-order valence-corrected chi connectivity index (χ3v) is 2.29. The van der Waals surface area contributed by atoms with Gasteiger partial charge < -0.3 is 9.47 Å². The van der Waals surface area contributed by atoms with E-state index in [0.717, 1.165) is 17.1 Å². The molecule has 0 amide bonds. The van der Waals surface area contributed by atoms with Crippen molar-refractivity contribution in [2.75, 3.05) is 13.7 Å². The summed E-state index contributed by atoms with van der Waals surface area (Å²) in [5.41, 5.74) is 1.00. The van der Waals surface area contributed by atoms with Crippen LogP contribution in [-0.4, -0.2) is 13.7 Å². The second-order valence-electron chi connectivity index (χ2n) is 4.56. The molecular formula is C13H17NO2. The topological polar surface area (TPSA) is 42.2 Å². The van der Waals surface area contributed by atoms with Crippen LogP contribution in [0.3, 0.4) is 0 Å². The number of nitrogens with zero attached hydrogens (tertiary/aromatic N) is 1. The first kappa shape index (κ1) is 12.4. The van der Waals surface area contributed by atoms with Crippen molar-refractivity contribution in [3.05, 3.63) is 23.8 Å². The molecule has 1 aromatic carbocycles. The zero-order valence-corrected chi connectivity index (χ0v) is 10.2. The summed E-state index contributed by atoms with van der Waals surface area (Å²) in [6.07, 6.45) is 0. The van der Waals surface area contributed by atoms with Crippen LogP contribution in [0.25, 0.3) is 0 Å². The van der Waals surface area contributed by atoms with Gasteiger partial charge in [0, 0.05) is 5.56 Å². The zero-order chi connectivity index (χ0) is 12.2. The molecule has 0 atom stereocenters. The Kier molecular flexibility index (Phi) is 3.78. The van der Waals surface area contributed by atoms with Gasteiger partial charge in [-0.25, -0.2) is 0 Å². The van der Waals surface area contributed by atoms with E-state index in [9.17, 15) is 0 Å². The summed E-state index contributed by atoms with van der Waals surface area (Å²) in [6.45, 7) is 6.36. The van der Waals surface area contributed by atoms with Crippen molar-refractivity contribution in [3.63, 3.8) is 0 Å². The van der Waals surface area contributed by atoms with Crippen LogP contribution in [-0.2, 0) is 5.41 Å². The Morgan fingerprint density at radius 2 is 2.00 bits per heavy atom. The predicted molar refractivity (Wildman–Crippen MR) is 62.8 cm³/mol. The van der Waals surface area contributed by atoms with E-state index in [1.807, 2.05) is 24.3 Å². The smallest absolute Gasteiger partial charge is 0.174 e. The fourth-order valence-electron chi connectivity index (χ4n) is 1.46. The SMILES string of the molecule is COc1ccc(OCC#N)c(C(C)(C)C)c1. The minimum atomic E-state index is -0.0423. The van der Waals surface area contributed by atoms with Crippen LogP contribution in [0.1, 0.15) is 26.3 Å². The third-order valence-electron chi connectivity index (χ3n) is 2.29. The Balaban J connectivity index is 3.12. The van der Waals surface area contributed by atoms with Gasteiger partial charge in [0.2, 0.25) is 0 Å².